The highest BCUT2D eigenvalue weighted by molar-refractivity contribution is 5.74. The number of benzene rings is 1. The maximum absolute atomic E-state index is 12.0. The molecule has 2 N–H and O–H groups in total. The summed E-state index contributed by atoms with van der Waals surface area (Å²) in [5.74, 6) is 0.804. The molecule has 1 unspecified atom stereocenters. The third-order valence-electron chi connectivity index (χ3n) is 3.09. The van der Waals surface area contributed by atoms with Crippen LogP contribution in [-0.2, 0) is 6.54 Å². The number of rotatable bonds is 7. The first-order chi connectivity index (χ1) is 9.56. The van der Waals surface area contributed by atoms with E-state index in [2.05, 4.69) is 5.32 Å². The van der Waals surface area contributed by atoms with Gasteiger partial charge in [-0.15, -0.1) is 0 Å². The Balaban J connectivity index is 2.44. The summed E-state index contributed by atoms with van der Waals surface area (Å²) in [7, 11) is 3.39. The van der Waals surface area contributed by atoms with Gasteiger partial charge in [-0.1, -0.05) is 12.1 Å². The van der Waals surface area contributed by atoms with Gasteiger partial charge < -0.3 is 20.1 Å². The molecule has 0 saturated carbocycles. The predicted octanol–water partition coefficient (Wildman–Crippen LogP) is 2.00. The normalized spacial score (nSPS) is 11.8. The molecule has 2 amide bonds. The molecule has 0 fully saturated rings. The molecule has 20 heavy (non-hydrogen) atoms. The van der Waals surface area contributed by atoms with E-state index in [0.717, 1.165) is 17.7 Å². The molecule has 1 rings (SSSR count). The second-order valence-corrected chi connectivity index (χ2v) is 4.92. The number of hydrogen-bond donors (Lipinski definition) is 2. The highest BCUT2D eigenvalue weighted by Gasteiger charge is 2.12. The van der Waals surface area contributed by atoms with Crippen molar-refractivity contribution in [2.24, 2.45) is 0 Å². The number of nitrogens with zero attached hydrogens (tertiary/aromatic N) is 1. The van der Waals surface area contributed by atoms with Crippen LogP contribution in [0.3, 0.4) is 0 Å². The molecule has 5 heteroatoms. The van der Waals surface area contributed by atoms with Crippen molar-refractivity contribution in [2.45, 2.75) is 32.4 Å². The average molecular weight is 280 g/mol. The Morgan fingerprint density at radius 2 is 2.05 bits per heavy atom. The van der Waals surface area contributed by atoms with E-state index >= 15 is 0 Å². The molecular weight excluding hydrogens is 256 g/mol. The van der Waals surface area contributed by atoms with Gasteiger partial charge in [-0.3, -0.25) is 0 Å². The van der Waals surface area contributed by atoms with Gasteiger partial charge in [-0.25, -0.2) is 4.79 Å². The fraction of sp³-hybridized carbons (Fsp3) is 0.533. The monoisotopic (exact) mass is 280 g/mol. The van der Waals surface area contributed by atoms with Crippen LogP contribution in [0, 0.1) is 0 Å². The second kappa shape index (κ2) is 8.43. The maximum Gasteiger partial charge on any atom is 0.317 e. The molecule has 0 heterocycles. The smallest absolute Gasteiger partial charge is 0.317 e. The lowest BCUT2D eigenvalue weighted by Gasteiger charge is -2.21. The first kappa shape index (κ1) is 16.3. The quantitative estimate of drug-likeness (QED) is 0.803. The van der Waals surface area contributed by atoms with Gasteiger partial charge >= 0.3 is 6.03 Å². The van der Waals surface area contributed by atoms with Crippen molar-refractivity contribution in [3.05, 3.63) is 29.8 Å². The van der Waals surface area contributed by atoms with Crippen LogP contribution >= 0.6 is 0 Å². The average Bonchev–Trinajstić information content (AvgIpc) is 2.45. The zero-order valence-electron chi connectivity index (χ0n) is 12.4. The molecule has 5 nitrogen and oxygen atoms in total. The number of aliphatic hydroxyl groups excluding tert-OH is 1. The summed E-state index contributed by atoms with van der Waals surface area (Å²) in [6, 6.07) is 7.60. The van der Waals surface area contributed by atoms with Crippen LogP contribution < -0.4 is 10.1 Å². The SMILES string of the molecule is COc1ccc(CN(C)C(=O)NC(C)CCCO)cc1. The topological polar surface area (TPSA) is 61.8 Å². The van der Waals surface area contributed by atoms with Crippen molar-refractivity contribution in [1.82, 2.24) is 10.2 Å². The first-order valence-electron chi connectivity index (χ1n) is 6.82. The zero-order valence-corrected chi connectivity index (χ0v) is 12.4. The minimum atomic E-state index is -0.105. The van der Waals surface area contributed by atoms with E-state index in [4.69, 9.17) is 9.84 Å². The van der Waals surface area contributed by atoms with Gasteiger partial charge in [0.25, 0.3) is 0 Å². The molecule has 1 atom stereocenters. The van der Waals surface area contributed by atoms with Gasteiger partial charge in [0.05, 0.1) is 7.11 Å². The van der Waals surface area contributed by atoms with Crippen molar-refractivity contribution in [1.29, 1.82) is 0 Å². The van der Waals surface area contributed by atoms with Crippen molar-refractivity contribution in [3.8, 4) is 5.75 Å². The van der Waals surface area contributed by atoms with Crippen LogP contribution in [0.15, 0.2) is 24.3 Å². The number of methoxy groups -OCH3 is 1. The molecule has 0 saturated heterocycles. The van der Waals surface area contributed by atoms with Gasteiger partial charge in [0.1, 0.15) is 5.75 Å². The van der Waals surface area contributed by atoms with Crippen molar-refractivity contribution in [3.63, 3.8) is 0 Å². The minimum Gasteiger partial charge on any atom is -0.497 e. The molecular formula is C15H24N2O3. The fourth-order valence-corrected chi connectivity index (χ4v) is 1.87. The fourth-order valence-electron chi connectivity index (χ4n) is 1.87. The van der Waals surface area contributed by atoms with Crippen LogP contribution in [0.25, 0.3) is 0 Å². The Kier molecular flexibility index (Phi) is 6.87. The molecule has 0 aliphatic heterocycles. The lowest BCUT2D eigenvalue weighted by molar-refractivity contribution is 0.201. The third-order valence-corrected chi connectivity index (χ3v) is 3.09. The summed E-state index contributed by atoms with van der Waals surface area (Å²) in [4.78, 5) is 13.6. The Morgan fingerprint density at radius 1 is 1.40 bits per heavy atom. The van der Waals surface area contributed by atoms with Crippen molar-refractivity contribution in [2.75, 3.05) is 20.8 Å². The molecule has 1 aromatic carbocycles. The number of hydrogen-bond acceptors (Lipinski definition) is 3. The van der Waals surface area contributed by atoms with Crippen LogP contribution in [0.2, 0.25) is 0 Å². The highest BCUT2D eigenvalue weighted by atomic mass is 16.5. The van der Waals surface area contributed by atoms with Crippen molar-refractivity contribution >= 4 is 6.03 Å². The van der Waals surface area contributed by atoms with E-state index < -0.39 is 0 Å². The summed E-state index contributed by atoms with van der Waals surface area (Å²) >= 11 is 0. The number of aliphatic hydroxyl groups is 1. The minimum absolute atomic E-state index is 0.0629. The second-order valence-electron chi connectivity index (χ2n) is 4.92. The van der Waals surface area contributed by atoms with Gasteiger partial charge in [0.2, 0.25) is 0 Å². The summed E-state index contributed by atoms with van der Waals surface area (Å²) in [5.41, 5.74) is 1.05. The summed E-state index contributed by atoms with van der Waals surface area (Å²) in [6.07, 6.45) is 1.47. The highest BCUT2D eigenvalue weighted by Crippen LogP contribution is 2.12. The molecule has 1 aromatic rings. The molecule has 0 aliphatic carbocycles. The number of urea groups is 1. The van der Waals surface area contributed by atoms with E-state index in [9.17, 15) is 4.79 Å². The molecule has 0 radical (unpaired) electrons. The zero-order chi connectivity index (χ0) is 15.0. The van der Waals surface area contributed by atoms with E-state index in [1.165, 1.54) is 0 Å². The molecule has 0 bridgehead atoms. The van der Waals surface area contributed by atoms with E-state index in [1.807, 2.05) is 31.2 Å². The molecule has 112 valence electrons. The van der Waals surface area contributed by atoms with Crippen LogP contribution in [0.5, 0.6) is 5.75 Å². The van der Waals surface area contributed by atoms with E-state index in [0.29, 0.717) is 13.0 Å². The number of ether oxygens (including phenoxy) is 1. The van der Waals surface area contributed by atoms with Gasteiger partial charge in [0, 0.05) is 26.2 Å². The lowest BCUT2D eigenvalue weighted by atomic mass is 10.2. The van der Waals surface area contributed by atoms with Gasteiger partial charge in [-0.05, 0) is 37.5 Å². The van der Waals surface area contributed by atoms with E-state index in [-0.39, 0.29) is 18.7 Å². The number of nitrogens with one attached hydrogen (secondary N) is 1. The Labute approximate surface area is 120 Å². The number of carbonyl (C=O) groups excluding carboxylic acids is 1. The maximum atomic E-state index is 12.0. The Morgan fingerprint density at radius 3 is 2.60 bits per heavy atom. The third kappa shape index (κ3) is 5.48. The Bertz CT molecular complexity index is 406. The van der Waals surface area contributed by atoms with Crippen LogP contribution in [-0.4, -0.2) is 42.8 Å². The van der Waals surface area contributed by atoms with Gasteiger partial charge in [-0.2, -0.15) is 0 Å². The summed E-state index contributed by atoms with van der Waals surface area (Å²) < 4.78 is 5.10. The number of amides is 2. The first-order valence-corrected chi connectivity index (χ1v) is 6.82. The summed E-state index contributed by atoms with van der Waals surface area (Å²) in [5, 5.41) is 11.7. The van der Waals surface area contributed by atoms with Crippen LogP contribution in [0.4, 0.5) is 4.79 Å². The predicted molar refractivity (Wildman–Crippen MR) is 78.8 cm³/mol. The standard InChI is InChI=1S/C15H24N2O3/c1-12(5-4-10-18)16-15(19)17(2)11-13-6-8-14(20-3)9-7-13/h6-9,12,18H,4-5,10-11H2,1-3H3,(H,16,19). The molecule has 0 spiro atoms. The lowest BCUT2D eigenvalue weighted by Crippen LogP contribution is -2.41. The van der Waals surface area contributed by atoms with E-state index in [1.54, 1.807) is 19.1 Å². The Hall–Kier alpha value is -1.75. The van der Waals surface area contributed by atoms with Crippen molar-refractivity contribution < 1.29 is 14.6 Å². The summed E-state index contributed by atoms with van der Waals surface area (Å²) in [6.45, 7) is 2.64. The largest absolute Gasteiger partial charge is 0.497 e. The van der Waals surface area contributed by atoms with Crippen LogP contribution in [0.1, 0.15) is 25.3 Å². The molecule has 0 aromatic heterocycles. The molecule has 0 aliphatic rings. The number of carbonyl (C=O) groups is 1. The van der Waals surface area contributed by atoms with Gasteiger partial charge in [0.15, 0.2) is 0 Å².